The molecule has 0 heterocycles. The highest BCUT2D eigenvalue weighted by Gasteiger charge is 2.24. The van der Waals surface area contributed by atoms with Gasteiger partial charge in [0.05, 0.1) is 13.0 Å². The molecule has 1 aromatic carbocycles. The van der Waals surface area contributed by atoms with E-state index in [9.17, 15) is 4.79 Å². The summed E-state index contributed by atoms with van der Waals surface area (Å²) in [6, 6.07) is 6.14. The molecule has 0 bridgehead atoms. The molecular weight excluding hydrogens is 240 g/mol. The molecule has 0 spiro atoms. The number of benzene rings is 1. The Kier molecular flexibility index (Phi) is 4.83. The Balaban J connectivity index is 1.99. The minimum atomic E-state index is -0.716. The summed E-state index contributed by atoms with van der Waals surface area (Å²) in [7, 11) is 0. The third-order valence-corrected chi connectivity index (χ3v) is 3.76. The Morgan fingerprint density at radius 2 is 2.26 bits per heavy atom. The number of ether oxygens (including phenoxy) is 1. The van der Waals surface area contributed by atoms with E-state index in [2.05, 4.69) is 13.0 Å². The fourth-order valence-corrected chi connectivity index (χ4v) is 2.72. The van der Waals surface area contributed by atoms with Crippen molar-refractivity contribution in [2.24, 2.45) is 0 Å². The number of hydrogen-bond donors (Lipinski definition) is 1. The molecule has 0 aliphatic heterocycles. The van der Waals surface area contributed by atoms with Crippen molar-refractivity contribution in [1.82, 2.24) is 0 Å². The van der Waals surface area contributed by atoms with Gasteiger partial charge < -0.3 is 9.84 Å². The van der Waals surface area contributed by atoms with Crippen molar-refractivity contribution in [3.8, 4) is 5.75 Å². The number of carboxylic acids is 1. The van der Waals surface area contributed by atoms with Gasteiger partial charge in [-0.05, 0) is 48.4 Å². The van der Waals surface area contributed by atoms with Crippen LogP contribution in [0.3, 0.4) is 0 Å². The van der Waals surface area contributed by atoms with Crippen LogP contribution in [0.2, 0.25) is 0 Å². The molecule has 0 aromatic heterocycles. The predicted octanol–water partition coefficient (Wildman–Crippen LogP) is 3.76. The highest BCUT2D eigenvalue weighted by molar-refractivity contribution is 5.68. The minimum Gasteiger partial charge on any atom is -0.494 e. The number of aryl methyl sites for hydroxylation is 1. The SMILES string of the molecule is CCCCCOc1ccc2c(c1)[C@@H](CC(=O)O)CC2. The highest BCUT2D eigenvalue weighted by atomic mass is 16.5. The third kappa shape index (κ3) is 3.72. The number of rotatable bonds is 7. The van der Waals surface area contributed by atoms with Gasteiger partial charge in [0.2, 0.25) is 0 Å². The molecule has 3 heteroatoms. The van der Waals surface area contributed by atoms with Gasteiger partial charge in [0.15, 0.2) is 0 Å². The monoisotopic (exact) mass is 262 g/mol. The van der Waals surface area contributed by atoms with Crippen molar-refractivity contribution in [3.63, 3.8) is 0 Å². The van der Waals surface area contributed by atoms with Crippen LogP contribution in [0.5, 0.6) is 5.75 Å². The van der Waals surface area contributed by atoms with Crippen LogP contribution in [0, 0.1) is 0 Å². The van der Waals surface area contributed by atoms with Crippen LogP contribution in [0.15, 0.2) is 18.2 Å². The normalized spacial score (nSPS) is 17.2. The van der Waals surface area contributed by atoms with E-state index in [1.807, 2.05) is 12.1 Å². The molecule has 0 unspecified atom stereocenters. The van der Waals surface area contributed by atoms with E-state index >= 15 is 0 Å². The molecule has 0 radical (unpaired) electrons. The maximum absolute atomic E-state index is 10.9. The molecule has 1 aliphatic rings. The smallest absolute Gasteiger partial charge is 0.303 e. The molecule has 19 heavy (non-hydrogen) atoms. The first-order valence-electron chi connectivity index (χ1n) is 7.18. The van der Waals surface area contributed by atoms with E-state index in [4.69, 9.17) is 9.84 Å². The van der Waals surface area contributed by atoms with Crippen LogP contribution < -0.4 is 4.74 Å². The molecule has 1 atom stereocenters. The van der Waals surface area contributed by atoms with Gasteiger partial charge in [-0.15, -0.1) is 0 Å². The summed E-state index contributed by atoms with van der Waals surface area (Å²) in [6.07, 6.45) is 5.61. The van der Waals surface area contributed by atoms with Crippen LogP contribution in [-0.2, 0) is 11.2 Å². The van der Waals surface area contributed by atoms with E-state index < -0.39 is 5.97 Å². The summed E-state index contributed by atoms with van der Waals surface area (Å²) in [4.78, 5) is 10.9. The molecule has 104 valence electrons. The molecule has 0 amide bonds. The fourth-order valence-electron chi connectivity index (χ4n) is 2.72. The van der Waals surface area contributed by atoms with Gasteiger partial charge in [-0.3, -0.25) is 4.79 Å². The Hall–Kier alpha value is -1.51. The third-order valence-electron chi connectivity index (χ3n) is 3.76. The first-order chi connectivity index (χ1) is 9.20. The number of unbranched alkanes of at least 4 members (excludes halogenated alkanes) is 2. The first kappa shape index (κ1) is 13.9. The Labute approximate surface area is 114 Å². The average Bonchev–Trinajstić information content (AvgIpc) is 2.77. The quantitative estimate of drug-likeness (QED) is 0.761. The van der Waals surface area contributed by atoms with E-state index in [0.29, 0.717) is 0 Å². The van der Waals surface area contributed by atoms with E-state index in [1.165, 1.54) is 24.0 Å². The largest absolute Gasteiger partial charge is 0.494 e. The summed E-state index contributed by atoms with van der Waals surface area (Å²) >= 11 is 0. The zero-order chi connectivity index (χ0) is 13.7. The fraction of sp³-hybridized carbons (Fsp3) is 0.562. The number of carboxylic acid groups (broad SMARTS) is 1. The van der Waals surface area contributed by atoms with Gasteiger partial charge in [0.1, 0.15) is 5.75 Å². The van der Waals surface area contributed by atoms with E-state index in [-0.39, 0.29) is 12.3 Å². The summed E-state index contributed by atoms with van der Waals surface area (Å²) < 4.78 is 5.74. The van der Waals surface area contributed by atoms with Crippen molar-refractivity contribution >= 4 is 5.97 Å². The van der Waals surface area contributed by atoms with Gasteiger partial charge in [-0.1, -0.05) is 25.8 Å². The van der Waals surface area contributed by atoms with E-state index in [0.717, 1.165) is 31.6 Å². The summed E-state index contributed by atoms with van der Waals surface area (Å²) in [5.74, 6) is 0.325. The molecule has 0 fully saturated rings. The lowest BCUT2D eigenvalue weighted by Crippen LogP contribution is -2.04. The second-order valence-corrected chi connectivity index (χ2v) is 5.25. The minimum absolute atomic E-state index is 0.159. The second-order valence-electron chi connectivity index (χ2n) is 5.25. The molecular formula is C16H22O3. The molecule has 2 rings (SSSR count). The van der Waals surface area contributed by atoms with Crippen LogP contribution in [-0.4, -0.2) is 17.7 Å². The van der Waals surface area contributed by atoms with E-state index in [1.54, 1.807) is 0 Å². The number of carbonyl (C=O) groups is 1. The van der Waals surface area contributed by atoms with Crippen LogP contribution >= 0.6 is 0 Å². The molecule has 3 nitrogen and oxygen atoms in total. The maximum atomic E-state index is 10.9. The van der Waals surface area contributed by atoms with Gasteiger partial charge in [-0.25, -0.2) is 0 Å². The number of aliphatic carboxylic acids is 1. The average molecular weight is 262 g/mol. The van der Waals surface area contributed by atoms with Crippen molar-refractivity contribution in [2.75, 3.05) is 6.61 Å². The Morgan fingerprint density at radius 3 is 3.00 bits per heavy atom. The standard InChI is InChI=1S/C16H22O3/c1-2-3-4-9-19-14-8-7-12-5-6-13(10-16(17)18)15(12)11-14/h7-8,11,13H,2-6,9-10H2,1H3,(H,17,18)/t13-/m1/s1. The second kappa shape index (κ2) is 6.60. The van der Waals surface area contributed by atoms with Crippen molar-refractivity contribution in [2.45, 2.75) is 51.4 Å². The van der Waals surface area contributed by atoms with Crippen LogP contribution in [0.4, 0.5) is 0 Å². The summed E-state index contributed by atoms with van der Waals surface area (Å²) in [5, 5.41) is 8.94. The highest BCUT2D eigenvalue weighted by Crippen LogP contribution is 2.37. The molecule has 1 aromatic rings. The zero-order valence-electron chi connectivity index (χ0n) is 11.5. The van der Waals surface area contributed by atoms with Crippen molar-refractivity contribution in [3.05, 3.63) is 29.3 Å². The number of hydrogen-bond acceptors (Lipinski definition) is 2. The zero-order valence-corrected chi connectivity index (χ0v) is 11.5. The lowest BCUT2D eigenvalue weighted by atomic mass is 9.98. The van der Waals surface area contributed by atoms with Crippen LogP contribution in [0.1, 0.15) is 56.1 Å². The first-order valence-corrected chi connectivity index (χ1v) is 7.18. The summed E-state index contributed by atoms with van der Waals surface area (Å²) in [5.41, 5.74) is 2.46. The van der Waals surface area contributed by atoms with Crippen molar-refractivity contribution < 1.29 is 14.6 Å². The predicted molar refractivity (Wildman–Crippen MR) is 74.8 cm³/mol. The topological polar surface area (TPSA) is 46.5 Å². The van der Waals surface area contributed by atoms with Crippen molar-refractivity contribution in [1.29, 1.82) is 0 Å². The van der Waals surface area contributed by atoms with Gasteiger partial charge in [-0.2, -0.15) is 0 Å². The lowest BCUT2D eigenvalue weighted by Gasteiger charge is -2.11. The molecule has 0 saturated carbocycles. The Morgan fingerprint density at radius 1 is 1.42 bits per heavy atom. The maximum Gasteiger partial charge on any atom is 0.303 e. The van der Waals surface area contributed by atoms with Crippen LogP contribution in [0.25, 0.3) is 0 Å². The molecule has 0 saturated heterocycles. The summed E-state index contributed by atoms with van der Waals surface area (Å²) in [6.45, 7) is 2.92. The van der Waals surface area contributed by atoms with Gasteiger partial charge in [0.25, 0.3) is 0 Å². The molecule has 1 aliphatic carbocycles. The molecule has 1 N–H and O–H groups in total. The number of fused-ring (bicyclic) bond motifs is 1. The lowest BCUT2D eigenvalue weighted by molar-refractivity contribution is -0.137. The van der Waals surface area contributed by atoms with Gasteiger partial charge >= 0.3 is 5.97 Å². The van der Waals surface area contributed by atoms with Gasteiger partial charge in [0, 0.05) is 0 Å². The Bertz CT molecular complexity index is 440.